The van der Waals surface area contributed by atoms with Gasteiger partial charge in [0.2, 0.25) is 0 Å². The summed E-state index contributed by atoms with van der Waals surface area (Å²) in [5, 5.41) is 11.2. The summed E-state index contributed by atoms with van der Waals surface area (Å²) in [6.45, 7) is 0. The van der Waals surface area contributed by atoms with E-state index in [1.807, 2.05) is 10.4 Å². The van der Waals surface area contributed by atoms with Crippen LogP contribution in [0.5, 0.6) is 0 Å². The Morgan fingerprint density at radius 3 is 3.00 bits per heavy atom. The Kier molecular flexibility index (Phi) is 2.25. The fourth-order valence-corrected chi connectivity index (χ4v) is 2.52. The van der Waals surface area contributed by atoms with Gasteiger partial charge in [0, 0.05) is 17.0 Å². The highest BCUT2D eigenvalue weighted by atomic mass is 35.5. The molecule has 3 aromatic rings. The first-order chi connectivity index (χ1) is 8.22. The zero-order chi connectivity index (χ0) is 12.0. The van der Waals surface area contributed by atoms with Crippen molar-refractivity contribution in [2.45, 2.75) is 0 Å². The van der Waals surface area contributed by atoms with E-state index in [2.05, 4.69) is 19.4 Å². The van der Waals surface area contributed by atoms with Gasteiger partial charge in [-0.25, -0.2) is 9.97 Å². The number of fused-ring (bicyclic) bond motifs is 3. The molecular formula is C11H6ClN4P. The summed E-state index contributed by atoms with van der Waals surface area (Å²) in [6.07, 6.45) is 3.31. The molecule has 1 unspecified atom stereocenters. The summed E-state index contributed by atoms with van der Waals surface area (Å²) in [5.41, 5.74) is 2.01. The van der Waals surface area contributed by atoms with Gasteiger partial charge >= 0.3 is 0 Å². The van der Waals surface area contributed by atoms with E-state index in [4.69, 9.17) is 16.9 Å². The van der Waals surface area contributed by atoms with Crippen LogP contribution in [0.1, 0.15) is 5.69 Å². The standard InChI is InChI=1S/C11H6ClN4P/c12-8-1-2-14-11-10(8)7-3-6(4-13)15-5-9(7)16(11)17/h1-3,5H,17H2. The Labute approximate surface area is 104 Å². The van der Waals surface area contributed by atoms with Crippen LogP contribution < -0.4 is 0 Å². The summed E-state index contributed by atoms with van der Waals surface area (Å²) in [5.74, 6) is 0. The molecule has 17 heavy (non-hydrogen) atoms. The molecule has 0 aliphatic carbocycles. The Hall–Kier alpha value is -1.69. The Bertz CT molecular complexity index is 787. The highest BCUT2D eigenvalue weighted by Crippen LogP contribution is 2.33. The number of hydrogen-bond donors (Lipinski definition) is 0. The first-order valence-corrected chi connectivity index (χ1v) is 5.71. The molecule has 0 aliphatic heterocycles. The maximum Gasteiger partial charge on any atom is 0.145 e. The van der Waals surface area contributed by atoms with Gasteiger partial charge in [0.1, 0.15) is 17.4 Å². The van der Waals surface area contributed by atoms with Gasteiger partial charge in [-0.1, -0.05) is 11.6 Å². The van der Waals surface area contributed by atoms with Crippen molar-refractivity contribution in [1.29, 1.82) is 5.26 Å². The molecule has 6 heteroatoms. The van der Waals surface area contributed by atoms with Crippen molar-refractivity contribution in [3.05, 3.63) is 35.2 Å². The second-order valence-corrected chi connectivity index (χ2v) is 4.48. The van der Waals surface area contributed by atoms with Crippen LogP contribution in [0.3, 0.4) is 0 Å². The number of nitriles is 1. The number of hydrogen-bond acceptors (Lipinski definition) is 3. The molecule has 3 aromatic heterocycles. The van der Waals surface area contributed by atoms with Crippen LogP contribution in [0.2, 0.25) is 5.02 Å². The molecule has 0 aliphatic rings. The molecule has 3 rings (SSSR count). The van der Waals surface area contributed by atoms with E-state index >= 15 is 0 Å². The average molecular weight is 261 g/mol. The van der Waals surface area contributed by atoms with Crippen molar-refractivity contribution in [3.8, 4) is 6.07 Å². The summed E-state index contributed by atoms with van der Waals surface area (Å²) < 4.78 is 1.84. The van der Waals surface area contributed by atoms with Crippen LogP contribution in [0.15, 0.2) is 24.5 Å². The van der Waals surface area contributed by atoms with Crippen LogP contribution in [-0.4, -0.2) is 14.3 Å². The highest BCUT2D eigenvalue weighted by Gasteiger charge is 2.13. The number of pyridine rings is 2. The van der Waals surface area contributed by atoms with Gasteiger partial charge in [-0.3, -0.25) is 0 Å². The Balaban J connectivity index is 2.62. The summed E-state index contributed by atoms with van der Waals surface area (Å²) in [4.78, 5) is 8.33. The van der Waals surface area contributed by atoms with Gasteiger partial charge in [-0.05, 0) is 21.5 Å². The molecule has 4 nitrogen and oxygen atoms in total. The zero-order valence-electron chi connectivity index (χ0n) is 8.55. The van der Waals surface area contributed by atoms with Crippen LogP contribution in [0.25, 0.3) is 21.9 Å². The monoisotopic (exact) mass is 260 g/mol. The van der Waals surface area contributed by atoms with E-state index in [1.54, 1.807) is 24.5 Å². The average Bonchev–Trinajstić information content (AvgIpc) is 2.64. The van der Waals surface area contributed by atoms with Crippen LogP contribution in [0.4, 0.5) is 0 Å². The van der Waals surface area contributed by atoms with Crippen molar-refractivity contribution >= 4 is 42.9 Å². The lowest BCUT2D eigenvalue weighted by Crippen LogP contribution is -1.83. The van der Waals surface area contributed by atoms with Crippen LogP contribution in [0, 0.1) is 11.3 Å². The van der Waals surface area contributed by atoms with Gasteiger partial charge < -0.3 is 4.34 Å². The lowest BCUT2D eigenvalue weighted by molar-refractivity contribution is 1.25. The molecule has 0 N–H and O–H groups in total. The normalized spacial score (nSPS) is 10.9. The molecule has 0 saturated carbocycles. The molecule has 0 radical (unpaired) electrons. The van der Waals surface area contributed by atoms with Crippen molar-refractivity contribution in [2.24, 2.45) is 0 Å². The maximum absolute atomic E-state index is 8.87. The number of nitrogens with zero attached hydrogens (tertiary/aromatic N) is 4. The van der Waals surface area contributed by atoms with Gasteiger partial charge in [-0.2, -0.15) is 5.26 Å². The molecule has 0 saturated heterocycles. The van der Waals surface area contributed by atoms with E-state index in [0.717, 1.165) is 21.9 Å². The Morgan fingerprint density at radius 1 is 1.41 bits per heavy atom. The van der Waals surface area contributed by atoms with Crippen molar-refractivity contribution < 1.29 is 0 Å². The lowest BCUT2D eigenvalue weighted by Gasteiger charge is -1.95. The SMILES string of the molecule is N#Cc1cc2c3c(Cl)ccnc3n(P)c2cn1. The fraction of sp³-hybridized carbons (Fsp3) is 0. The minimum atomic E-state index is 0.370. The molecule has 0 fully saturated rings. The minimum absolute atomic E-state index is 0.370. The molecule has 0 aromatic carbocycles. The third kappa shape index (κ3) is 1.40. The van der Waals surface area contributed by atoms with E-state index in [9.17, 15) is 0 Å². The third-order valence-electron chi connectivity index (χ3n) is 2.63. The molecule has 82 valence electrons. The maximum atomic E-state index is 8.87. The van der Waals surface area contributed by atoms with E-state index in [1.165, 1.54) is 0 Å². The van der Waals surface area contributed by atoms with Gasteiger partial charge in [0.05, 0.1) is 16.7 Å². The van der Waals surface area contributed by atoms with Crippen LogP contribution >= 0.6 is 21.0 Å². The minimum Gasteiger partial charge on any atom is -0.308 e. The van der Waals surface area contributed by atoms with Crippen molar-refractivity contribution in [1.82, 2.24) is 14.3 Å². The summed E-state index contributed by atoms with van der Waals surface area (Å²) in [7, 11) is 2.57. The van der Waals surface area contributed by atoms with E-state index in [-0.39, 0.29) is 0 Å². The zero-order valence-corrected chi connectivity index (χ0v) is 10.5. The predicted octanol–water partition coefficient (Wildman–Crippen LogP) is 2.75. The van der Waals surface area contributed by atoms with Crippen LogP contribution in [-0.2, 0) is 0 Å². The summed E-state index contributed by atoms with van der Waals surface area (Å²) in [6, 6.07) is 5.49. The number of halogens is 1. The molecule has 0 bridgehead atoms. The molecular weight excluding hydrogens is 255 g/mol. The smallest absolute Gasteiger partial charge is 0.145 e. The molecule has 0 amide bonds. The van der Waals surface area contributed by atoms with Gasteiger partial charge in [0.15, 0.2) is 0 Å². The highest BCUT2D eigenvalue weighted by molar-refractivity contribution is 7.15. The van der Waals surface area contributed by atoms with Gasteiger partial charge in [0.25, 0.3) is 0 Å². The quantitative estimate of drug-likeness (QED) is 0.584. The van der Waals surface area contributed by atoms with E-state index in [0.29, 0.717) is 10.7 Å². The lowest BCUT2D eigenvalue weighted by atomic mass is 10.2. The first kappa shape index (κ1) is 10.5. The molecule has 0 spiro atoms. The largest absolute Gasteiger partial charge is 0.308 e. The van der Waals surface area contributed by atoms with Crippen molar-refractivity contribution in [2.75, 3.05) is 0 Å². The fourth-order valence-electron chi connectivity index (χ4n) is 1.88. The summed E-state index contributed by atoms with van der Waals surface area (Å²) >= 11 is 6.18. The predicted molar refractivity (Wildman–Crippen MR) is 69.9 cm³/mol. The molecule has 1 atom stereocenters. The van der Waals surface area contributed by atoms with Crippen molar-refractivity contribution in [3.63, 3.8) is 0 Å². The third-order valence-corrected chi connectivity index (χ3v) is 3.47. The molecule has 3 heterocycles. The Morgan fingerprint density at radius 2 is 2.24 bits per heavy atom. The second kappa shape index (κ2) is 3.66. The number of aromatic nitrogens is 3. The topological polar surface area (TPSA) is 54.5 Å². The first-order valence-electron chi connectivity index (χ1n) is 4.82. The van der Waals surface area contributed by atoms with Gasteiger partial charge in [-0.15, -0.1) is 0 Å². The number of rotatable bonds is 0. The second-order valence-electron chi connectivity index (χ2n) is 3.56. The van der Waals surface area contributed by atoms with E-state index < -0.39 is 0 Å².